The van der Waals surface area contributed by atoms with Crippen molar-refractivity contribution >= 4 is 29.1 Å². The van der Waals surface area contributed by atoms with E-state index < -0.39 is 30.1 Å². The van der Waals surface area contributed by atoms with Crippen molar-refractivity contribution in [3.05, 3.63) is 60.7 Å². The van der Waals surface area contributed by atoms with E-state index in [0.29, 0.717) is 11.4 Å². The standard InChI is InChI=1S/C17H17N3O4/c21-15(20-24)11-14(16(22)18-12-7-3-1-4-8-12)17(23)19-13-9-5-2-6-10-13/h1-10,14,24H,11H2,(H,18,22)(H,19,23)(H,20,21). The molecule has 24 heavy (non-hydrogen) atoms. The molecule has 0 aliphatic rings. The summed E-state index contributed by atoms with van der Waals surface area (Å²) in [5.41, 5.74) is 2.44. The van der Waals surface area contributed by atoms with Crippen LogP contribution in [0.3, 0.4) is 0 Å². The van der Waals surface area contributed by atoms with Crippen LogP contribution < -0.4 is 16.1 Å². The third-order valence-electron chi connectivity index (χ3n) is 3.23. The average molecular weight is 327 g/mol. The first-order valence-electron chi connectivity index (χ1n) is 7.25. The minimum Gasteiger partial charge on any atom is -0.325 e. The molecule has 0 spiro atoms. The Balaban J connectivity index is 2.12. The van der Waals surface area contributed by atoms with E-state index in [1.54, 1.807) is 60.7 Å². The molecule has 3 amide bonds. The Bertz CT molecular complexity index is 651. The van der Waals surface area contributed by atoms with Crippen LogP contribution in [0.5, 0.6) is 0 Å². The molecule has 0 unspecified atom stereocenters. The molecule has 0 saturated heterocycles. The average Bonchev–Trinajstić information content (AvgIpc) is 2.61. The Morgan fingerprint density at radius 1 is 0.792 bits per heavy atom. The fourth-order valence-corrected chi connectivity index (χ4v) is 2.04. The van der Waals surface area contributed by atoms with Crippen LogP contribution in [0.2, 0.25) is 0 Å². The van der Waals surface area contributed by atoms with Gasteiger partial charge in [0.25, 0.3) is 0 Å². The Morgan fingerprint density at radius 3 is 1.58 bits per heavy atom. The van der Waals surface area contributed by atoms with Gasteiger partial charge in [-0.05, 0) is 24.3 Å². The van der Waals surface area contributed by atoms with Gasteiger partial charge in [0.15, 0.2) is 0 Å². The molecular formula is C17H17N3O4. The third kappa shape index (κ3) is 4.92. The molecule has 124 valence electrons. The number of hydrogen-bond acceptors (Lipinski definition) is 4. The van der Waals surface area contributed by atoms with Crippen molar-refractivity contribution in [2.75, 3.05) is 10.6 Å². The van der Waals surface area contributed by atoms with Gasteiger partial charge in [0, 0.05) is 17.8 Å². The molecule has 0 heterocycles. The van der Waals surface area contributed by atoms with Crippen molar-refractivity contribution in [1.29, 1.82) is 0 Å². The number of para-hydroxylation sites is 2. The number of nitrogens with one attached hydrogen (secondary N) is 3. The molecule has 2 rings (SSSR count). The van der Waals surface area contributed by atoms with Crippen molar-refractivity contribution < 1.29 is 19.6 Å². The lowest BCUT2D eigenvalue weighted by molar-refractivity contribution is -0.137. The largest absolute Gasteiger partial charge is 0.325 e. The summed E-state index contributed by atoms with van der Waals surface area (Å²) in [6.45, 7) is 0. The van der Waals surface area contributed by atoms with Gasteiger partial charge in [-0.2, -0.15) is 0 Å². The van der Waals surface area contributed by atoms with Crippen LogP contribution in [0, 0.1) is 5.92 Å². The monoisotopic (exact) mass is 327 g/mol. The first-order chi connectivity index (χ1) is 11.6. The van der Waals surface area contributed by atoms with Crippen LogP contribution in [0.25, 0.3) is 0 Å². The van der Waals surface area contributed by atoms with Gasteiger partial charge >= 0.3 is 0 Å². The van der Waals surface area contributed by atoms with Crippen LogP contribution >= 0.6 is 0 Å². The quantitative estimate of drug-likeness (QED) is 0.368. The molecule has 4 N–H and O–H groups in total. The number of anilines is 2. The van der Waals surface area contributed by atoms with Crippen molar-refractivity contribution in [3.8, 4) is 0 Å². The number of benzene rings is 2. The van der Waals surface area contributed by atoms with E-state index in [9.17, 15) is 14.4 Å². The smallest absolute Gasteiger partial charge is 0.244 e. The van der Waals surface area contributed by atoms with Gasteiger partial charge in [-0.1, -0.05) is 36.4 Å². The summed E-state index contributed by atoms with van der Waals surface area (Å²) in [5, 5.41) is 13.8. The zero-order valence-electron chi connectivity index (χ0n) is 12.7. The van der Waals surface area contributed by atoms with Crippen molar-refractivity contribution in [1.82, 2.24) is 5.48 Å². The summed E-state index contributed by atoms with van der Waals surface area (Å²) < 4.78 is 0. The predicted molar refractivity (Wildman–Crippen MR) is 88.2 cm³/mol. The van der Waals surface area contributed by atoms with Crippen molar-refractivity contribution in [2.45, 2.75) is 6.42 Å². The lowest BCUT2D eigenvalue weighted by Crippen LogP contribution is -2.37. The van der Waals surface area contributed by atoms with Crippen LogP contribution in [0.15, 0.2) is 60.7 Å². The minimum atomic E-state index is -1.29. The van der Waals surface area contributed by atoms with E-state index in [0.717, 1.165) is 0 Å². The van der Waals surface area contributed by atoms with E-state index in [4.69, 9.17) is 5.21 Å². The molecule has 0 aromatic heterocycles. The van der Waals surface area contributed by atoms with Crippen LogP contribution in [-0.2, 0) is 14.4 Å². The second kappa shape index (κ2) is 8.44. The van der Waals surface area contributed by atoms with Crippen molar-refractivity contribution in [2.24, 2.45) is 5.92 Å². The van der Waals surface area contributed by atoms with Gasteiger partial charge in [-0.15, -0.1) is 0 Å². The van der Waals surface area contributed by atoms with Crippen molar-refractivity contribution in [3.63, 3.8) is 0 Å². The first-order valence-corrected chi connectivity index (χ1v) is 7.25. The number of carbonyl (C=O) groups is 3. The maximum atomic E-state index is 12.4. The van der Waals surface area contributed by atoms with Crippen LogP contribution in [0.4, 0.5) is 11.4 Å². The van der Waals surface area contributed by atoms with E-state index in [1.165, 1.54) is 5.48 Å². The second-order valence-electron chi connectivity index (χ2n) is 5.00. The molecule has 2 aromatic rings. The maximum Gasteiger partial charge on any atom is 0.244 e. The highest BCUT2D eigenvalue weighted by molar-refractivity contribution is 6.12. The van der Waals surface area contributed by atoms with Gasteiger partial charge in [-0.3, -0.25) is 19.6 Å². The lowest BCUT2D eigenvalue weighted by atomic mass is 10.0. The predicted octanol–water partition coefficient (Wildman–Crippen LogP) is 1.78. The van der Waals surface area contributed by atoms with E-state index in [2.05, 4.69) is 10.6 Å². The molecule has 7 nitrogen and oxygen atoms in total. The molecule has 0 fully saturated rings. The molecule has 0 aliphatic heterocycles. The highest BCUT2D eigenvalue weighted by atomic mass is 16.5. The van der Waals surface area contributed by atoms with Gasteiger partial charge in [0.1, 0.15) is 5.92 Å². The summed E-state index contributed by atoms with van der Waals surface area (Å²) in [5.74, 6) is -3.40. The van der Waals surface area contributed by atoms with E-state index in [-0.39, 0.29) is 0 Å². The third-order valence-corrected chi connectivity index (χ3v) is 3.23. The zero-order valence-corrected chi connectivity index (χ0v) is 12.7. The summed E-state index contributed by atoms with van der Waals surface area (Å²) in [6, 6.07) is 17.1. The van der Waals surface area contributed by atoms with Crippen LogP contribution in [0.1, 0.15) is 6.42 Å². The van der Waals surface area contributed by atoms with Gasteiger partial charge < -0.3 is 10.6 Å². The fourth-order valence-electron chi connectivity index (χ4n) is 2.04. The highest BCUT2D eigenvalue weighted by Gasteiger charge is 2.29. The van der Waals surface area contributed by atoms with Crippen LogP contribution in [-0.4, -0.2) is 22.9 Å². The zero-order chi connectivity index (χ0) is 17.4. The SMILES string of the molecule is O=C(CC(C(=O)Nc1ccccc1)C(=O)Nc1ccccc1)NO. The molecule has 0 atom stereocenters. The molecule has 0 saturated carbocycles. The minimum absolute atomic E-state index is 0.478. The number of rotatable bonds is 6. The number of carbonyl (C=O) groups excluding carboxylic acids is 3. The lowest BCUT2D eigenvalue weighted by Gasteiger charge is -2.16. The Hall–Kier alpha value is -3.19. The topological polar surface area (TPSA) is 108 Å². The Labute approximate surface area is 138 Å². The Morgan fingerprint density at radius 2 is 1.21 bits per heavy atom. The number of hydrogen-bond donors (Lipinski definition) is 4. The molecule has 0 bridgehead atoms. The summed E-state index contributed by atoms with van der Waals surface area (Å²) in [4.78, 5) is 36.1. The summed E-state index contributed by atoms with van der Waals surface area (Å²) in [6.07, 6.45) is -0.478. The summed E-state index contributed by atoms with van der Waals surface area (Å²) >= 11 is 0. The highest BCUT2D eigenvalue weighted by Crippen LogP contribution is 2.14. The first kappa shape index (κ1) is 17.2. The van der Waals surface area contributed by atoms with Gasteiger partial charge in [0.2, 0.25) is 17.7 Å². The molecular weight excluding hydrogens is 310 g/mol. The van der Waals surface area contributed by atoms with E-state index in [1.807, 2.05) is 0 Å². The van der Waals surface area contributed by atoms with E-state index >= 15 is 0 Å². The molecule has 2 aromatic carbocycles. The normalized spacial score (nSPS) is 10.1. The second-order valence-corrected chi connectivity index (χ2v) is 5.00. The maximum absolute atomic E-state index is 12.4. The number of amides is 3. The fraction of sp³-hybridized carbons (Fsp3) is 0.118. The molecule has 0 radical (unpaired) electrons. The summed E-state index contributed by atoms with van der Waals surface area (Å²) in [7, 11) is 0. The van der Waals surface area contributed by atoms with Gasteiger partial charge in [-0.25, -0.2) is 5.48 Å². The molecule has 7 heteroatoms. The number of hydroxylamine groups is 1. The molecule has 0 aliphatic carbocycles. The van der Waals surface area contributed by atoms with Gasteiger partial charge in [0.05, 0.1) is 0 Å². The Kier molecular flexibility index (Phi) is 6.04.